The van der Waals surface area contributed by atoms with Crippen molar-refractivity contribution < 1.29 is 9.59 Å². The van der Waals surface area contributed by atoms with Crippen molar-refractivity contribution in [1.82, 2.24) is 14.9 Å². The first-order valence-electron chi connectivity index (χ1n) is 9.85. The lowest BCUT2D eigenvalue weighted by molar-refractivity contribution is -0.114. The summed E-state index contributed by atoms with van der Waals surface area (Å²) in [5, 5.41) is 18.2. The van der Waals surface area contributed by atoms with Gasteiger partial charge in [-0.3, -0.25) is 9.59 Å². The molecule has 166 valence electrons. The molecule has 1 aromatic heterocycles. The highest BCUT2D eigenvalue weighted by Crippen LogP contribution is 2.19. The molecule has 0 aliphatic heterocycles. The number of hydrogen-bond donors (Lipinski definition) is 4. The lowest BCUT2D eigenvalue weighted by atomic mass is 10.1. The summed E-state index contributed by atoms with van der Waals surface area (Å²) < 4.78 is 1.25. The van der Waals surface area contributed by atoms with E-state index in [2.05, 4.69) is 31.4 Å². The minimum absolute atomic E-state index is 0.0766. The molecule has 0 spiro atoms. The van der Waals surface area contributed by atoms with Gasteiger partial charge in [-0.25, -0.2) is 10.1 Å². The van der Waals surface area contributed by atoms with Crippen molar-refractivity contribution in [3.63, 3.8) is 0 Å². The van der Waals surface area contributed by atoms with E-state index >= 15 is 0 Å². The summed E-state index contributed by atoms with van der Waals surface area (Å²) in [7, 11) is 0. The molecule has 2 amide bonds. The van der Waals surface area contributed by atoms with Crippen LogP contribution in [0.15, 0.2) is 64.9 Å². The van der Waals surface area contributed by atoms with Crippen LogP contribution in [0.1, 0.15) is 25.8 Å². The third-order valence-electron chi connectivity index (χ3n) is 4.20. The van der Waals surface area contributed by atoms with Crippen molar-refractivity contribution in [2.45, 2.75) is 25.4 Å². The molecular weight excluding hydrogens is 428 g/mol. The van der Waals surface area contributed by atoms with Crippen molar-refractivity contribution in [2.24, 2.45) is 5.10 Å². The Morgan fingerprint density at radius 1 is 1.06 bits per heavy atom. The van der Waals surface area contributed by atoms with Gasteiger partial charge >= 0.3 is 0 Å². The van der Waals surface area contributed by atoms with E-state index in [1.807, 2.05) is 37.3 Å². The minimum atomic E-state index is -0.247. The molecule has 11 heteroatoms. The highest BCUT2D eigenvalue weighted by atomic mass is 32.2. The van der Waals surface area contributed by atoms with Gasteiger partial charge in [-0.2, -0.15) is 5.10 Å². The first-order chi connectivity index (χ1) is 15.5. The summed E-state index contributed by atoms with van der Waals surface area (Å²) >= 11 is 1.14. The van der Waals surface area contributed by atoms with Crippen molar-refractivity contribution in [2.75, 3.05) is 27.7 Å². The summed E-state index contributed by atoms with van der Waals surface area (Å²) in [6.45, 7) is 3.43. The molecule has 0 aliphatic carbocycles. The van der Waals surface area contributed by atoms with Crippen LogP contribution in [0.3, 0.4) is 0 Å². The molecule has 0 fully saturated rings. The van der Waals surface area contributed by atoms with Gasteiger partial charge in [0.2, 0.25) is 17.0 Å². The molecule has 1 heterocycles. The molecule has 10 nitrogen and oxygen atoms in total. The number of aromatic nitrogens is 3. The van der Waals surface area contributed by atoms with E-state index in [0.717, 1.165) is 29.5 Å². The summed E-state index contributed by atoms with van der Waals surface area (Å²) in [5.41, 5.74) is 5.86. The fourth-order valence-corrected chi connectivity index (χ4v) is 3.41. The van der Waals surface area contributed by atoms with Crippen LogP contribution in [-0.4, -0.2) is 38.2 Å². The van der Waals surface area contributed by atoms with Gasteiger partial charge in [-0.15, -0.1) is 10.2 Å². The predicted octanol–water partition coefficient (Wildman–Crippen LogP) is 2.91. The predicted molar refractivity (Wildman–Crippen MR) is 127 cm³/mol. The zero-order valence-electron chi connectivity index (χ0n) is 17.7. The van der Waals surface area contributed by atoms with Gasteiger partial charge in [0.25, 0.3) is 5.95 Å². The van der Waals surface area contributed by atoms with Gasteiger partial charge < -0.3 is 16.5 Å². The maximum absolute atomic E-state index is 12.3. The molecule has 5 N–H and O–H groups in total. The standard InChI is InChI=1S/C21H24N8O2S/c1-3-18(15-8-5-4-6-9-15)25-26-20-27-28-21(29(20)22)32-13-19(31)24-17-11-7-10-16(12-17)23-14(2)30/h4-12H,3,13,22H2,1-2H3,(H,23,30)(H,24,31)(H,26,27)/b25-18+. The van der Waals surface area contributed by atoms with Gasteiger partial charge in [-0.1, -0.05) is 55.1 Å². The average Bonchev–Trinajstić information content (AvgIpc) is 3.13. The van der Waals surface area contributed by atoms with Crippen LogP contribution >= 0.6 is 11.8 Å². The smallest absolute Gasteiger partial charge is 0.264 e. The lowest BCUT2D eigenvalue weighted by Crippen LogP contribution is -2.17. The third kappa shape index (κ3) is 6.32. The first kappa shape index (κ1) is 22.8. The minimum Gasteiger partial charge on any atom is -0.334 e. The quantitative estimate of drug-likeness (QED) is 0.169. The van der Waals surface area contributed by atoms with E-state index in [4.69, 9.17) is 5.84 Å². The van der Waals surface area contributed by atoms with E-state index in [0.29, 0.717) is 16.5 Å². The van der Waals surface area contributed by atoms with Crippen molar-refractivity contribution in [1.29, 1.82) is 0 Å². The van der Waals surface area contributed by atoms with Crippen LogP contribution in [0.5, 0.6) is 0 Å². The molecule has 3 aromatic rings. The number of benzene rings is 2. The van der Waals surface area contributed by atoms with Crippen LogP contribution in [0.2, 0.25) is 0 Å². The van der Waals surface area contributed by atoms with Crippen LogP contribution in [0.4, 0.5) is 17.3 Å². The number of nitrogens with one attached hydrogen (secondary N) is 3. The largest absolute Gasteiger partial charge is 0.334 e. The normalized spacial score (nSPS) is 11.1. The fraction of sp³-hybridized carbons (Fsp3) is 0.190. The van der Waals surface area contributed by atoms with E-state index < -0.39 is 0 Å². The maximum atomic E-state index is 12.3. The van der Waals surface area contributed by atoms with Crippen molar-refractivity contribution >= 4 is 46.6 Å². The van der Waals surface area contributed by atoms with Crippen LogP contribution in [0.25, 0.3) is 0 Å². The number of rotatable bonds is 9. The highest BCUT2D eigenvalue weighted by molar-refractivity contribution is 7.99. The second kappa shape index (κ2) is 11.0. The number of hydrazone groups is 1. The first-order valence-corrected chi connectivity index (χ1v) is 10.8. The number of carbonyl (C=O) groups is 2. The monoisotopic (exact) mass is 452 g/mol. The van der Waals surface area contributed by atoms with Gasteiger partial charge in [0, 0.05) is 18.3 Å². The molecule has 0 bridgehead atoms. The molecule has 0 saturated carbocycles. The lowest BCUT2D eigenvalue weighted by Gasteiger charge is -2.08. The summed E-state index contributed by atoms with van der Waals surface area (Å²) in [6, 6.07) is 16.7. The number of anilines is 3. The highest BCUT2D eigenvalue weighted by Gasteiger charge is 2.13. The molecule has 0 unspecified atom stereocenters. The van der Waals surface area contributed by atoms with E-state index in [1.54, 1.807) is 24.3 Å². The van der Waals surface area contributed by atoms with Gasteiger partial charge in [0.05, 0.1) is 11.5 Å². The molecule has 0 saturated heterocycles. The van der Waals surface area contributed by atoms with Crippen LogP contribution < -0.4 is 21.9 Å². The number of carbonyl (C=O) groups excluding carboxylic acids is 2. The Morgan fingerprint density at radius 3 is 2.47 bits per heavy atom. The molecule has 3 rings (SSSR count). The summed E-state index contributed by atoms with van der Waals surface area (Å²) in [5.74, 6) is 5.95. The Labute approximate surface area is 189 Å². The van der Waals surface area contributed by atoms with Gasteiger partial charge in [0.1, 0.15) is 0 Å². The van der Waals surface area contributed by atoms with Crippen LogP contribution in [0, 0.1) is 0 Å². The Morgan fingerprint density at radius 2 is 1.78 bits per heavy atom. The topological polar surface area (TPSA) is 139 Å². The van der Waals surface area contributed by atoms with E-state index in [-0.39, 0.29) is 23.5 Å². The molecule has 0 aliphatic rings. The number of amides is 2. The number of hydrogen-bond acceptors (Lipinski definition) is 8. The molecule has 2 aromatic carbocycles. The third-order valence-corrected chi connectivity index (χ3v) is 5.14. The summed E-state index contributed by atoms with van der Waals surface area (Å²) in [4.78, 5) is 23.5. The van der Waals surface area contributed by atoms with Gasteiger partial charge in [0.15, 0.2) is 0 Å². The molecule has 32 heavy (non-hydrogen) atoms. The number of nitrogens with two attached hydrogens (primary N) is 1. The maximum Gasteiger partial charge on any atom is 0.264 e. The second-order valence-corrected chi connectivity index (χ2v) is 7.61. The Hall–Kier alpha value is -3.86. The molecular formula is C21H24N8O2S. The second-order valence-electron chi connectivity index (χ2n) is 6.66. The molecule has 0 atom stereocenters. The average molecular weight is 453 g/mol. The number of nitrogens with zero attached hydrogens (tertiary/aromatic N) is 4. The van der Waals surface area contributed by atoms with Crippen LogP contribution in [-0.2, 0) is 9.59 Å². The van der Waals surface area contributed by atoms with Gasteiger partial charge in [-0.05, 0) is 30.2 Å². The van der Waals surface area contributed by atoms with E-state index in [9.17, 15) is 9.59 Å². The zero-order valence-corrected chi connectivity index (χ0v) is 18.5. The Kier molecular flexibility index (Phi) is 7.81. The van der Waals surface area contributed by atoms with Crippen molar-refractivity contribution in [3.05, 3.63) is 60.2 Å². The number of nitrogen functional groups attached to an aromatic ring is 1. The van der Waals surface area contributed by atoms with Crippen molar-refractivity contribution in [3.8, 4) is 0 Å². The number of thioether (sulfide) groups is 1. The fourth-order valence-electron chi connectivity index (χ4n) is 2.75. The zero-order chi connectivity index (χ0) is 22.9. The summed E-state index contributed by atoms with van der Waals surface area (Å²) in [6.07, 6.45) is 0.723. The Bertz CT molecular complexity index is 1110. The van der Waals surface area contributed by atoms with E-state index in [1.165, 1.54) is 11.6 Å². The molecule has 0 radical (unpaired) electrons. The Balaban J connectivity index is 1.57. The SMILES string of the molecule is CC/C(=N\Nc1nnc(SCC(=O)Nc2cccc(NC(C)=O)c2)n1N)c1ccccc1.